The number of benzene rings is 2. The van der Waals surface area contributed by atoms with Gasteiger partial charge in [-0.2, -0.15) is 0 Å². The van der Waals surface area contributed by atoms with Crippen molar-refractivity contribution in [1.29, 1.82) is 0 Å². The van der Waals surface area contributed by atoms with Crippen molar-refractivity contribution in [2.45, 2.75) is 43.7 Å². The van der Waals surface area contributed by atoms with E-state index in [0.29, 0.717) is 6.42 Å². The standard InChI is InChI=1S/C27H30N2O6/c30-25(28-13-18-12-17(14-34-18)26(31)32)24(16-6-5-7-16)29-27(33)35-15-23-21-10-3-1-8-19(21)20-9-2-4-11-22(20)23/h1-4,8-11,16-18,23-24H,5-7,12-15H2,(H,28,30)(H,29,33)(H,31,32)/t17-,18-,24?/m0/s1. The summed E-state index contributed by atoms with van der Waals surface area (Å²) in [7, 11) is 0. The summed E-state index contributed by atoms with van der Waals surface area (Å²) in [5, 5.41) is 14.7. The molecule has 1 aliphatic heterocycles. The highest BCUT2D eigenvalue weighted by atomic mass is 16.5. The van der Waals surface area contributed by atoms with Gasteiger partial charge in [-0.25, -0.2) is 4.79 Å². The number of hydrogen-bond acceptors (Lipinski definition) is 5. The predicted molar refractivity (Wildman–Crippen MR) is 128 cm³/mol. The molecule has 2 aromatic carbocycles. The van der Waals surface area contributed by atoms with E-state index >= 15 is 0 Å². The summed E-state index contributed by atoms with van der Waals surface area (Å²) in [6, 6.07) is 15.6. The van der Waals surface area contributed by atoms with Gasteiger partial charge in [-0.1, -0.05) is 55.0 Å². The Morgan fingerprint density at radius 3 is 2.26 bits per heavy atom. The SMILES string of the molecule is O=C(NC(C(=O)NC[C@@H]1C[C@H](C(=O)O)CO1)C1CCC1)OCC1c2ccccc2-c2ccccc21. The summed E-state index contributed by atoms with van der Waals surface area (Å²) in [6.07, 6.45) is 2.17. The van der Waals surface area contributed by atoms with Crippen LogP contribution in [0.4, 0.5) is 4.79 Å². The second-order valence-corrected chi connectivity index (χ2v) is 9.61. The van der Waals surface area contributed by atoms with Gasteiger partial charge in [0.25, 0.3) is 0 Å². The van der Waals surface area contributed by atoms with E-state index in [9.17, 15) is 14.4 Å². The van der Waals surface area contributed by atoms with E-state index in [4.69, 9.17) is 14.6 Å². The number of amides is 2. The van der Waals surface area contributed by atoms with Crippen molar-refractivity contribution >= 4 is 18.0 Å². The zero-order valence-electron chi connectivity index (χ0n) is 19.4. The third-order valence-corrected chi connectivity index (χ3v) is 7.45. The van der Waals surface area contributed by atoms with Gasteiger partial charge in [0, 0.05) is 12.5 Å². The summed E-state index contributed by atoms with van der Waals surface area (Å²) < 4.78 is 11.1. The number of aliphatic carboxylic acids is 1. The maximum absolute atomic E-state index is 12.9. The number of nitrogens with one attached hydrogen (secondary N) is 2. The highest BCUT2D eigenvalue weighted by Crippen LogP contribution is 2.44. The van der Waals surface area contributed by atoms with E-state index in [-0.39, 0.29) is 43.6 Å². The Morgan fingerprint density at radius 2 is 1.69 bits per heavy atom. The number of carbonyl (C=O) groups is 3. The van der Waals surface area contributed by atoms with Crippen LogP contribution in [-0.4, -0.2) is 55.0 Å². The molecule has 2 aliphatic carbocycles. The average molecular weight is 479 g/mol. The van der Waals surface area contributed by atoms with Gasteiger partial charge in [-0.15, -0.1) is 0 Å². The minimum Gasteiger partial charge on any atom is -0.481 e. The topological polar surface area (TPSA) is 114 Å². The van der Waals surface area contributed by atoms with Gasteiger partial charge in [0.15, 0.2) is 0 Å². The smallest absolute Gasteiger partial charge is 0.407 e. The number of alkyl carbamates (subject to hydrolysis) is 1. The van der Waals surface area contributed by atoms with E-state index in [0.717, 1.165) is 41.5 Å². The Hall–Kier alpha value is -3.39. The summed E-state index contributed by atoms with van der Waals surface area (Å²) in [6.45, 7) is 0.559. The van der Waals surface area contributed by atoms with Crippen molar-refractivity contribution in [3.8, 4) is 11.1 Å². The molecular weight excluding hydrogens is 448 g/mol. The molecule has 2 fully saturated rings. The van der Waals surface area contributed by atoms with E-state index in [2.05, 4.69) is 34.9 Å². The van der Waals surface area contributed by atoms with Crippen LogP contribution in [0.15, 0.2) is 48.5 Å². The van der Waals surface area contributed by atoms with Gasteiger partial charge >= 0.3 is 12.1 Å². The van der Waals surface area contributed by atoms with Crippen LogP contribution in [0.2, 0.25) is 0 Å². The van der Waals surface area contributed by atoms with Crippen LogP contribution in [-0.2, 0) is 19.1 Å². The van der Waals surface area contributed by atoms with Crippen LogP contribution in [0.25, 0.3) is 11.1 Å². The number of hydrogen-bond donors (Lipinski definition) is 3. The molecule has 1 saturated heterocycles. The minimum atomic E-state index is -0.886. The van der Waals surface area contributed by atoms with Crippen LogP contribution in [0.5, 0.6) is 0 Å². The molecule has 1 saturated carbocycles. The first-order valence-electron chi connectivity index (χ1n) is 12.2. The summed E-state index contributed by atoms with van der Waals surface area (Å²) in [5.74, 6) is -1.70. The van der Waals surface area contributed by atoms with Crippen molar-refractivity contribution in [1.82, 2.24) is 10.6 Å². The van der Waals surface area contributed by atoms with Gasteiger partial charge in [0.1, 0.15) is 12.6 Å². The largest absolute Gasteiger partial charge is 0.481 e. The molecule has 0 spiro atoms. The summed E-state index contributed by atoms with van der Waals surface area (Å²) >= 11 is 0. The molecular formula is C27H30N2O6. The van der Waals surface area contributed by atoms with Crippen molar-refractivity contribution < 1.29 is 29.0 Å². The van der Waals surface area contributed by atoms with E-state index in [1.54, 1.807) is 0 Å². The average Bonchev–Trinajstić information content (AvgIpc) is 3.43. The Kier molecular flexibility index (Phi) is 6.72. The first kappa shape index (κ1) is 23.4. The third kappa shape index (κ3) is 4.89. The summed E-state index contributed by atoms with van der Waals surface area (Å²) in [5.41, 5.74) is 4.57. The maximum atomic E-state index is 12.9. The number of fused-ring (bicyclic) bond motifs is 3. The Labute approximate surface area is 204 Å². The normalized spacial score (nSPS) is 21.9. The van der Waals surface area contributed by atoms with Gasteiger partial charge in [-0.3, -0.25) is 9.59 Å². The molecule has 184 valence electrons. The second-order valence-electron chi connectivity index (χ2n) is 9.61. The molecule has 3 aliphatic rings. The highest BCUT2D eigenvalue weighted by molar-refractivity contribution is 5.86. The number of carboxylic acid groups (broad SMARTS) is 1. The van der Waals surface area contributed by atoms with Crippen molar-refractivity contribution in [2.24, 2.45) is 11.8 Å². The monoisotopic (exact) mass is 478 g/mol. The molecule has 0 radical (unpaired) electrons. The second kappa shape index (κ2) is 10.1. The quantitative estimate of drug-likeness (QED) is 0.537. The molecule has 8 heteroatoms. The Balaban J connectivity index is 1.18. The van der Waals surface area contributed by atoms with E-state index in [1.165, 1.54) is 0 Å². The zero-order chi connectivity index (χ0) is 24.4. The fourth-order valence-corrected chi connectivity index (χ4v) is 5.28. The van der Waals surface area contributed by atoms with Crippen LogP contribution in [0.1, 0.15) is 42.7 Å². The minimum absolute atomic E-state index is 0.0502. The van der Waals surface area contributed by atoms with Crippen LogP contribution in [0, 0.1) is 11.8 Å². The highest BCUT2D eigenvalue weighted by Gasteiger charge is 2.36. The van der Waals surface area contributed by atoms with Crippen molar-refractivity contribution in [2.75, 3.05) is 19.8 Å². The van der Waals surface area contributed by atoms with Crippen molar-refractivity contribution in [3.63, 3.8) is 0 Å². The first-order valence-corrected chi connectivity index (χ1v) is 12.2. The third-order valence-electron chi connectivity index (χ3n) is 7.45. The fraction of sp³-hybridized carbons (Fsp3) is 0.444. The molecule has 0 aromatic heterocycles. The van der Waals surface area contributed by atoms with Crippen LogP contribution < -0.4 is 10.6 Å². The van der Waals surface area contributed by atoms with Gasteiger partial charge < -0.3 is 25.2 Å². The maximum Gasteiger partial charge on any atom is 0.407 e. The molecule has 3 N–H and O–H groups in total. The predicted octanol–water partition coefficient (Wildman–Crippen LogP) is 3.30. The molecule has 8 nitrogen and oxygen atoms in total. The van der Waals surface area contributed by atoms with Gasteiger partial charge in [-0.05, 0) is 47.4 Å². The number of carboxylic acids is 1. The molecule has 35 heavy (non-hydrogen) atoms. The number of carbonyl (C=O) groups excluding carboxylic acids is 2. The lowest BCUT2D eigenvalue weighted by molar-refractivity contribution is -0.141. The first-order chi connectivity index (χ1) is 17.0. The Morgan fingerprint density at radius 1 is 1.03 bits per heavy atom. The van der Waals surface area contributed by atoms with E-state index in [1.807, 2.05) is 24.3 Å². The lowest BCUT2D eigenvalue weighted by Gasteiger charge is -2.33. The molecule has 0 bridgehead atoms. The van der Waals surface area contributed by atoms with E-state index < -0.39 is 24.0 Å². The molecule has 2 aromatic rings. The molecule has 1 heterocycles. The van der Waals surface area contributed by atoms with Crippen LogP contribution >= 0.6 is 0 Å². The van der Waals surface area contributed by atoms with Crippen LogP contribution in [0.3, 0.4) is 0 Å². The molecule has 5 rings (SSSR count). The number of rotatable bonds is 8. The lowest BCUT2D eigenvalue weighted by atomic mass is 9.79. The number of ether oxygens (including phenoxy) is 2. The molecule has 3 atom stereocenters. The van der Waals surface area contributed by atoms with Gasteiger partial charge in [0.2, 0.25) is 5.91 Å². The zero-order valence-corrected chi connectivity index (χ0v) is 19.4. The fourth-order valence-electron chi connectivity index (χ4n) is 5.28. The summed E-state index contributed by atoms with van der Waals surface area (Å²) in [4.78, 5) is 36.8. The molecule has 2 amide bonds. The van der Waals surface area contributed by atoms with Crippen molar-refractivity contribution in [3.05, 3.63) is 59.7 Å². The molecule has 1 unspecified atom stereocenters. The Bertz CT molecular complexity index is 1070. The lowest BCUT2D eigenvalue weighted by Crippen LogP contribution is -2.53. The van der Waals surface area contributed by atoms with Gasteiger partial charge in [0.05, 0.1) is 18.6 Å².